The molecule has 0 spiro atoms. The van der Waals surface area contributed by atoms with Gasteiger partial charge in [0.05, 0.1) is 17.1 Å². The fourth-order valence-corrected chi connectivity index (χ4v) is 3.55. The maximum atomic E-state index is 6.16. The predicted molar refractivity (Wildman–Crippen MR) is 87.3 cm³/mol. The molecule has 1 aromatic carbocycles. The first-order chi connectivity index (χ1) is 10.2. The van der Waals surface area contributed by atoms with Gasteiger partial charge < -0.3 is 9.30 Å². The van der Waals surface area contributed by atoms with E-state index in [1.54, 1.807) is 0 Å². The Kier molecular flexibility index (Phi) is 4.72. The van der Waals surface area contributed by atoms with Crippen molar-refractivity contribution in [2.45, 2.75) is 38.8 Å². The van der Waals surface area contributed by atoms with Gasteiger partial charge in [0, 0.05) is 36.4 Å². The summed E-state index contributed by atoms with van der Waals surface area (Å²) in [5.41, 5.74) is 2.09. The number of benzene rings is 1. The SMILES string of the molecule is CCC1OCCC1Cn1c(CCCl)nc2ccc(Cl)cc21. The zero-order valence-electron chi connectivity index (χ0n) is 12.2. The van der Waals surface area contributed by atoms with Crippen LogP contribution in [0.3, 0.4) is 0 Å². The summed E-state index contributed by atoms with van der Waals surface area (Å²) in [6, 6.07) is 5.87. The maximum absolute atomic E-state index is 6.16. The Labute approximate surface area is 135 Å². The molecule has 0 aliphatic carbocycles. The van der Waals surface area contributed by atoms with Crippen molar-refractivity contribution in [3.05, 3.63) is 29.0 Å². The van der Waals surface area contributed by atoms with Crippen molar-refractivity contribution < 1.29 is 4.74 Å². The highest BCUT2D eigenvalue weighted by molar-refractivity contribution is 6.31. The van der Waals surface area contributed by atoms with Gasteiger partial charge in [-0.3, -0.25) is 0 Å². The lowest BCUT2D eigenvalue weighted by molar-refractivity contribution is 0.0836. The molecule has 0 N–H and O–H groups in total. The molecular weight excluding hydrogens is 307 g/mol. The van der Waals surface area contributed by atoms with E-state index in [1.165, 1.54) is 0 Å². The first kappa shape index (κ1) is 15.1. The van der Waals surface area contributed by atoms with Crippen molar-refractivity contribution >= 4 is 34.2 Å². The number of alkyl halides is 1. The van der Waals surface area contributed by atoms with Gasteiger partial charge in [0.15, 0.2) is 0 Å². The Balaban J connectivity index is 1.98. The number of ether oxygens (including phenoxy) is 1. The van der Waals surface area contributed by atoms with Crippen LogP contribution in [0.25, 0.3) is 11.0 Å². The average Bonchev–Trinajstić information content (AvgIpc) is 3.05. The summed E-state index contributed by atoms with van der Waals surface area (Å²) in [6.07, 6.45) is 3.30. The van der Waals surface area contributed by atoms with Crippen LogP contribution in [0.5, 0.6) is 0 Å². The van der Waals surface area contributed by atoms with Crippen LogP contribution in [0.1, 0.15) is 25.6 Å². The minimum Gasteiger partial charge on any atom is -0.378 e. The zero-order valence-corrected chi connectivity index (χ0v) is 13.7. The third kappa shape index (κ3) is 3.05. The van der Waals surface area contributed by atoms with E-state index >= 15 is 0 Å². The number of aromatic nitrogens is 2. The molecule has 2 heterocycles. The highest BCUT2D eigenvalue weighted by Gasteiger charge is 2.28. The average molecular weight is 327 g/mol. The van der Waals surface area contributed by atoms with Crippen LogP contribution >= 0.6 is 23.2 Å². The van der Waals surface area contributed by atoms with Crippen LogP contribution in [0.4, 0.5) is 0 Å². The molecule has 1 aromatic heterocycles. The number of halogens is 2. The summed E-state index contributed by atoms with van der Waals surface area (Å²) in [4.78, 5) is 4.72. The molecular formula is C16H20Cl2N2O. The van der Waals surface area contributed by atoms with Gasteiger partial charge in [-0.15, -0.1) is 11.6 Å². The molecule has 0 saturated carbocycles. The van der Waals surface area contributed by atoms with Gasteiger partial charge in [0.25, 0.3) is 0 Å². The lowest BCUT2D eigenvalue weighted by atomic mass is 9.99. The largest absolute Gasteiger partial charge is 0.378 e. The normalized spacial score (nSPS) is 22.2. The van der Waals surface area contributed by atoms with Gasteiger partial charge in [0.1, 0.15) is 5.82 Å². The second-order valence-corrected chi connectivity index (χ2v) is 6.39. The first-order valence-corrected chi connectivity index (χ1v) is 8.46. The second kappa shape index (κ2) is 6.55. The molecule has 3 nitrogen and oxygen atoms in total. The van der Waals surface area contributed by atoms with Gasteiger partial charge in [-0.05, 0) is 31.0 Å². The van der Waals surface area contributed by atoms with E-state index in [0.29, 0.717) is 17.9 Å². The number of nitrogens with zero attached hydrogens (tertiary/aromatic N) is 2. The Morgan fingerprint density at radius 3 is 3.05 bits per heavy atom. The van der Waals surface area contributed by atoms with Crippen LogP contribution < -0.4 is 0 Å². The molecule has 0 radical (unpaired) electrons. The fourth-order valence-electron chi connectivity index (χ4n) is 3.21. The van der Waals surface area contributed by atoms with E-state index in [1.807, 2.05) is 18.2 Å². The van der Waals surface area contributed by atoms with Gasteiger partial charge in [-0.2, -0.15) is 0 Å². The summed E-state index contributed by atoms with van der Waals surface area (Å²) in [7, 11) is 0. The number of imidazole rings is 1. The number of rotatable bonds is 5. The number of hydrogen-bond donors (Lipinski definition) is 0. The van der Waals surface area contributed by atoms with E-state index in [-0.39, 0.29) is 0 Å². The molecule has 21 heavy (non-hydrogen) atoms. The second-order valence-electron chi connectivity index (χ2n) is 5.58. The molecule has 2 unspecified atom stereocenters. The van der Waals surface area contributed by atoms with Gasteiger partial charge >= 0.3 is 0 Å². The van der Waals surface area contributed by atoms with Crippen molar-refractivity contribution in [3.63, 3.8) is 0 Å². The minimum atomic E-state index is 0.352. The van der Waals surface area contributed by atoms with Crippen LogP contribution in [-0.4, -0.2) is 28.1 Å². The Morgan fingerprint density at radius 2 is 2.29 bits per heavy atom. The van der Waals surface area contributed by atoms with E-state index in [4.69, 9.17) is 32.9 Å². The summed E-state index contributed by atoms with van der Waals surface area (Å²) >= 11 is 12.1. The Morgan fingerprint density at radius 1 is 1.43 bits per heavy atom. The van der Waals surface area contributed by atoms with Crippen LogP contribution in [-0.2, 0) is 17.7 Å². The van der Waals surface area contributed by atoms with Gasteiger partial charge in [-0.25, -0.2) is 4.98 Å². The van der Waals surface area contributed by atoms with Crippen molar-refractivity contribution in [2.24, 2.45) is 5.92 Å². The number of aryl methyl sites for hydroxylation is 1. The molecule has 1 fully saturated rings. The molecule has 2 atom stereocenters. The molecule has 0 amide bonds. The van der Waals surface area contributed by atoms with E-state index in [0.717, 1.165) is 54.3 Å². The maximum Gasteiger partial charge on any atom is 0.111 e. The van der Waals surface area contributed by atoms with Crippen LogP contribution in [0.2, 0.25) is 5.02 Å². The summed E-state index contributed by atoms with van der Waals surface area (Å²) < 4.78 is 8.10. The van der Waals surface area contributed by atoms with Gasteiger partial charge in [-0.1, -0.05) is 18.5 Å². The van der Waals surface area contributed by atoms with Crippen molar-refractivity contribution in [3.8, 4) is 0 Å². The lowest BCUT2D eigenvalue weighted by Crippen LogP contribution is -2.21. The Bertz CT molecular complexity index is 626. The minimum absolute atomic E-state index is 0.352. The van der Waals surface area contributed by atoms with E-state index in [2.05, 4.69) is 11.5 Å². The van der Waals surface area contributed by atoms with E-state index in [9.17, 15) is 0 Å². The zero-order chi connectivity index (χ0) is 14.8. The summed E-state index contributed by atoms with van der Waals surface area (Å²) in [5.74, 6) is 2.17. The quantitative estimate of drug-likeness (QED) is 0.766. The molecule has 1 aliphatic rings. The number of fused-ring (bicyclic) bond motifs is 1. The third-order valence-electron chi connectivity index (χ3n) is 4.27. The molecule has 0 bridgehead atoms. The monoisotopic (exact) mass is 326 g/mol. The highest BCUT2D eigenvalue weighted by atomic mass is 35.5. The number of hydrogen-bond acceptors (Lipinski definition) is 2. The summed E-state index contributed by atoms with van der Waals surface area (Å²) in [5, 5.41) is 0.746. The molecule has 1 saturated heterocycles. The van der Waals surface area contributed by atoms with Crippen molar-refractivity contribution in [1.82, 2.24) is 9.55 Å². The molecule has 2 aromatic rings. The standard InChI is InChI=1S/C16H20Cl2N2O/c1-2-15-11(6-8-21-15)10-20-14-9-12(18)3-4-13(14)19-16(20)5-7-17/h3-4,9,11,15H,2,5-8,10H2,1H3. The van der Waals surface area contributed by atoms with Crippen molar-refractivity contribution in [2.75, 3.05) is 12.5 Å². The predicted octanol–water partition coefficient (Wildman–Crippen LogP) is 4.29. The van der Waals surface area contributed by atoms with Crippen LogP contribution in [0.15, 0.2) is 18.2 Å². The highest BCUT2D eigenvalue weighted by Crippen LogP contribution is 2.28. The third-order valence-corrected chi connectivity index (χ3v) is 4.70. The molecule has 114 valence electrons. The molecule has 5 heteroatoms. The topological polar surface area (TPSA) is 27.1 Å². The first-order valence-electron chi connectivity index (χ1n) is 7.55. The smallest absolute Gasteiger partial charge is 0.111 e. The lowest BCUT2D eigenvalue weighted by Gasteiger charge is -2.19. The van der Waals surface area contributed by atoms with E-state index < -0.39 is 0 Å². The molecule has 1 aliphatic heterocycles. The fraction of sp³-hybridized carbons (Fsp3) is 0.562. The summed E-state index contributed by atoms with van der Waals surface area (Å²) in [6.45, 7) is 3.98. The van der Waals surface area contributed by atoms with Crippen molar-refractivity contribution in [1.29, 1.82) is 0 Å². The van der Waals surface area contributed by atoms with Crippen LogP contribution in [0, 0.1) is 5.92 Å². The Hall–Kier alpha value is -0.770. The van der Waals surface area contributed by atoms with Gasteiger partial charge in [0.2, 0.25) is 0 Å². The molecule has 3 rings (SSSR count).